The van der Waals surface area contributed by atoms with Crippen LogP contribution in [0.2, 0.25) is 0 Å². The molecule has 8 heteroatoms. The van der Waals surface area contributed by atoms with E-state index in [1.165, 1.54) is 12.1 Å². The van der Waals surface area contributed by atoms with Gasteiger partial charge in [-0.2, -0.15) is 0 Å². The van der Waals surface area contributed by atoms with Crippen LogP contribution in [0.3, 0.4) is 0 Å². The van der Waals surface area contributed by atoms with Crippen molar-refractivity contribution in [3.8, 4) is 0 Å². The van der Waals surface area contributed by atoms with E-state index in [-0.39, 0.29) is 24.3 Å². The first-order valence-corrected chi connectivity index (χ1v) is 10.4. The Balaban J connectivity index is 1.64. The fourth-order valence-corrected chi connectivity index (χ4v) is 3.54. The molecule has 0 bridgehead atoms. The Kier molecular flexibility index (Phi) is 7.59. The predicted octanol–water partition coefficient (Wildman–Crippen LogP) is 1.83. The van der Waals surface area contributed by atoms with Gasteiger partial charge < -0.3 is 21.3 Å². The fourth-order valence-electron chi connectivity index (χ4n) is 3.54. The van der Waals surface area contributed by atoms with Crippen molar-refractivity contribution in [2.24, 2.45) is 16.6 Å². The molecule has 0 radical (unpaired) electrons. The van der Waals surface area contributed by atoms with Crippen LogP contribution in [0.25, 0.3) is 0 Å². The molecular formula is C23H28FN5O2. The molecule has 2 amide bonds. The van der Waals surface area contributed by atoms with Crippen LogP contribution in [-0.4, -0.2) is 43.5 Å². The van der Waals surface area contributed by atoms with Crippen LogP contribution in [0.5, 0.6) is 0 Å². The van der Waals surface area contributed by atoms with Gasteiger partial charge in [0.05, 0.1) is 18.5 Å². The van der Waals surface area contributed by atoms with Crippen molar-refractivity contribution < 1.29 is 14.0 Å². The van der Waals surface area contributed by atoms with E-state index in [0.717, 1.165) is 11.3 Å². The summed E-state index contributed by atoms with van der Waals surface area (Å²) >= 11 is 0. The van der Waals surface area contributed by atoms with Gasteiger partial charge in [0.25, 0.3) is 0 Å². The Bertz CT molecular complexity index is 917. The van der Waals surface area contributed by atoms with Crippen LogP contribution in [0.1, 0.15) is 18.9 Å². The van der Waals surface area contributed by atoms with Crippen molar-refractivity contribution in [3.63, 3.8) is 0 Å². The molecular weight excluding hydrogens is 397 g/mol. The maximum Gasteiger partial charge on any atom is 0.229 e. The second-order valence-corrected chi connectivity index (χ2v) is 7.53. The second-order valence-electron chi connectivity index (χ2n) is 7.53. The third-order valence-corrected chi connectivity index (χ3v) is 5.15. The fraction of sp³-hybridized carbons (Fsp3) is 0.348. The number of rotatable bonds is 8. The van der Waals surface area contributed by atoms with Crippen molar-refractivity contribution in [2.75, 3.05) is 24.5 Å². The van der Waals surface area contributed by atoms with Crippen molar-refractivity contribution in [3.05, 3.63) is 66.0 Å². The van der Waals surface area contributed by atoms with Crippen LogP contribution >= 0.6 is 0 Å². The number of hydrogen-bond acceptors (Lipinski definition) is 3. The highest BCUT2D eigenvalue weighted by atomic mass is 19.1. The first-order valence-electron chi connectivity index (χ1n) is 10.4. The zero-order chi connectivity index (χ0) is 22.2. The van der Waals surface area contributed by atoms with Crippen molar-refractivity contribution in [1.82, 2.24) is 10.6 Å². The Morgan fingerprint density at radius 3 is 2.58 bits per heavy atom. The number of primary amides is 1. The zero-order valence-corrected chi connectivity index (χ0v) is 17.6. The van der Waals surface area contributed by atoms with Gasteiger partial charge in [-0.05, 0) is 43.2 Å². The summed E-state index contributed by atoms with van der Waals surface area (Å²) in [7, 11) is 0. The van der Waals surface area contributed by atoms with Crippen LogP contribution in [0.4, 0.5) is 10.1 Å². The third-order valence-electron chi connectivity index (χ3n) is 5.15. The van der Waals surface area contributed by atoms with E-state index in [1.807, 2.05) is 37.3 Å². The SMILES string of the molecule is CCNC(=NCC(Cc1ccc(F)cc1)C(N)=O)NC1CC(=O)N(c2ccccc2)C1. The van der Waals surface area contributed by atoms with E-state index >= 15 is 0 Å². The quantitative estimate of drug-likeness (QED) is 0.444. The number of benzene rings is 2. The van der Waals surface area contributed by atoms with E-state index in [4.69, 9.17) is 5.73 Å². The van der Waals surface area contributed by atoms with E-state index in [9.17, 15) is 14.0 Å². The third kappa shape index (κ3) is 6.28. The number of nitrogens with two attached hydrogens (primary N) is 1. The standard InChI is InChI=1S/C23H28FN5O2/c1-2-26-23(27-14-17(22(25)31)12-16-8-10-18(24)11-9-16)28-19-13-21(30)29(15-19)20-6-4-3-5-7-20/h3-11,17,19H,2,12-15H2,1H3,(H2,25,31)(H2,26,27,28). The largest absolute Gasteiger partial charge is 0.369 e. The van der Waals surface area contributed by atoms with Gasteiger partial charge in [0, 0.05) is 25.2 Å². The highest BCUT2D eigenvalue weighted by Crippen LogP contribution is 2.21. The number of anilines is 1. The molecule has 1 heterocycles. The van der Waals surface area contributed by atoms with E-state index in [2.05, 4.69) is 15.6 Å². The lowest BCUT2D eigenvalue weighted by Crippen LogP contribution is -2.45. The Morgan fingerprint density at radius 1 is 1.23 bits per heavy atom. The summed E-state index contributed by atoms with van der Waals surface area (Å²) in [5.74, 6) is -0.736. The maximum absolute atomic E-state index is 13.1. The number of hydrogen-bond donors (Lipinski definition) is 3. The molecule has 1 aliphatic rings. The highest BCUT2D eigenvalue weighted by molar-refractivity contribution is 5.97. The van der Waals surface area contributed by atoms with Gasteiger partial charge in [0.2, 0.25) is 11.8 Å². The number of halogens is 1. The van der Waals surface area contributed by atoms with Crippen LogP contribution in [0, 0.1) is 11.7 Å². The molecule has 3 rings (SSSR count). The minimum absolute atomic E-state index is 0.0471. The molecule has 2 aromatic rings. The molecule has 1 saturated heterocycles. The average Bonchev–Trinajstić information content (AvgIpc) is 3.13. The number of amides is 2. The molecule has 2 aromatic carbocycles. The van der Waals surface area contributed by atoms with E-state index in [1.54, 1.807) is 17.0 Å². The Morgan fingerprint density at radius 2 is 1.94 bits per heavy atom. The van der Waals surface area contributed by atoms with E-state index in [0.29, 0.717) is 31.9 Å². The number of carbonyl (C=O) groups is 2. The highest BCUT2D eigenvalue weighted by Gasteiger charge is 2.31. The second kappa shape index (κ2) is 10.6. The molecule has 7 nitrogen and oxygen atoms in total. The van der Waals surface area contributed by atoms with Gasteiger partial charge in [-0.3, -0.25) is 14.6 Å². The summed E-state index contributed by atoms with van der Waals surface area (Å²) in [4.78, 5) is 30.6. The molecule has 0 aliphatic carbocycles. The van der Waals surface area contributed by atoms with Crippen LogP contribution < -0.4 is 21.3 Å². The predicted molar refractivity (Wildman–Crippen MR) is 119 cm³/mol. The zero-order valence-electron chi connectivity index (χ0n) is 17.6. The normalized spacial score (nSPS) is 17.5. The minimum atomic E-state index is -0.521. The number of aliphatic imine (C=N–C) groups is 1. The summed E-state index contributed by atoms with van der Waals surface area (Å²) in [6.45, 7) is 3.29. The van der Waals surface area contributed by atoms with Gasteiger partial charge in [-0.25, -0.2) is 4.39 Å². The molecule has 31 heavy (non-hydrogen) atoms. The molecule has 1 fully saturated rings. The molecule has 164 valence electrons. The first kappa shape index (κ1) is 22.3. The Hall–Kier alpha value is -3.42. The summed E-state index contributed by atoms with van der Waals surface area (Å²) in [6.07, 6.45) is 0.732. The topological polar surface area (TPSA) is 99.8 Å². The Labute approximate surface area is 181 Å². The molecule has 4 N–H and O–H groups in total. The number of nitrogens with zero attached hydrogens (tertiary/aromatic N) is 2. The van der Waals surface area contributed by atoms with Gasteiger partial charge in [-0.1, -0.05) is 30.3 Å². The minimum Gasteiger partial charge on any atom is -0.369 e. The lowest BCUT2D eigenvalue weighted by atomic mass is 9.99. The van der Waals surface area contributed by atoms with Gasteiger partial charge in [0.1, 0.15) is 5.82 Å². The average molecular weight is 426 g/mol. The number of nitrogens with one attached hydrogen (secondary N) is 2. The van der Waals surface area contributed by atoms with Crippen LogP contribution in [-0.2, 0) is 16.0 Å². The monoisotopic (exact) mass is 425 g/mol. The van der Waals surface area contributed by atoms with Crippen molar-refractivity contribution >= 4 is 23.5 Å². The lowest BCUT2D eigenvalue weighted by molar-refractivity contribution is -0.121. The molecule has 1 aliphatic heterocycles. The van der Waals surface area contributed by atoms with Gasteiger partial charge >= 0.3 is 0 Å². The smallest absolute Gasteiger partial charge is 0.229 e. The number of para-hydroxylation sites is 1. The summed E-state index contributed by atoms with van der Waals surface area (Å²) in [6, 6.07) is 15.4. The van der Waals surface area contributed by atoms with Crippen molar-refractivity contribution in [1.29, 1.82) is 0 Å². The molecule has 0 saturated carbocycles. The lowest BCUT2D eigenvalue weighted by Gasteiger charge is -2.19. The first-order chi connectivity index (χ1) is 15.0. The molecule has 2 atom stereocenters. The number of guanidine groups is 1. The molecule has 2 unspecified atom stereocenters. The summed E-state index contributed by atoms with van der Waals surface area (Å²) in [5, 5.41) is 6.44. The van der Waals surface area contributed by atoms with Gasteiger partial charge in [0.15, 0.2) is 5.96 Å². The van der Waals surface area contributed by atoms with Crippen LogP contribution in [0.15, 0.2) is 59.6 Å². The number of carbonyl (C=O) groups excluding carboxylic acids is 2. The van der Waals surface area contributed by atoms with E-state index < -0.39 is 11.8 Å². The maximum atomic E-state index is 13.1. The molecule has 0 spiro atoms. The van der Waals surface area contributed by atoms with Gasteiger partial charge in [-0.15, -0.1) is 0 Å². The summed E-state index contributed by atoms with van der Waals surface area (Å²) < 4.78 is 13.1. The summed E-state index contributed by atoms with van der Waals surface area (Å²) in [5.41, 5.74) is 7.25. The van der Waals surface area contributed by atoms with Crippen molar-refractivity contribution in [2.45, 2.75) is 25.8 Å². The molecule has 0 aromatic heterocycles.